The first kappa shape index (κ1) is 14.5. The van der Waals surface area contributed by atoms with E-state index in [9.17, 15) is 14.3 Å². The largest absolute Gasteiger partial charge is 0.481 e. The van der Waals surface area contributed by atoms with Gasteiger partial charge in [-0.15, -0.1) is 0 Å². The molecule has 1 aromatic rings. The number of rotatable bonds is 3. The minimum atomic E-state index is -0.687. The zero-order valence-electron chi connectivity index (χ0n) is 10.7. The molecule has 0 aromatic heterocycles. The maximum atomic E-state index is 13.2. The molecular formula is C15H18BrFO2. The van der Waals surface area contributed by atoms with Crippen LogP contribution in [0.5, 0.6) is 0 Å². The summed E-state index contributed by atoms with van der Waals surface area (Å²) in [6.45, 7) is 0. The van der Waals surface area contributed by atoms with Crippen LogP contribution in [0.15, 0.2) is 22.7 Å². The fourth-order valence-electron chi connectivity index (χ4n) is 2.92. The zero-order valence-corrected chi connectivity index (χ0v) is 12.3. The van der Waals surface area contributed by atoms with E-state index >= 15 is 0 Å². The van der Waals surface area contributed by atoms with Gasteiger partial charge in [0.2, 0.25) is 0 Å². The summed E-state index contributed by atoms with van der Waals surface area (Å²) in [7, 11) is 0. The van der Waals surface area contributed by atoms with Gasteiger partial charge in [0.05, 0.1) is 10.4 Å². The molecule has 1 aromatic carbocycles. The summed E-state index contributed by atoms with van der Waals surface area (Å²) in [5, 5.41) is 9.34. The van der Waals surface area contributed by atoms with Gasteiger partial charge in [0, 0.05) is 0 Å². The van der Waals surface area contributed by atoms with Crippen LogP contribution >= 0.6 is 15.9 Å². The van der Waals surface area contributed by atoms with E-state index in [4.69, 9.17) is 0 Å². The van der Waals surface area contributed by atoms with E-state index in [1.807, 2.05) is 0 Å². The summed E-state index contributed by atoms with van der Waals surface area (Å²) in [5.41, 5.74) is 1.01. The molecule has 1 N–H and O–H groups in total. The molecule has 2 rings (SSSR count). The molecule has 2 nitrogen and oxygen atoms in total. The van der Waals surface area contributed by atoms with Crippen molar-refractivity contribution >= 4 is 21.9 Å². The van der Waals surface area contributed by atoms with Crippen LogP contribution in [0.1, 0.15) is 37.7 Å². The van der Waals surface area contributed by atoms with Crippen LogP contribution in [0.4, 0.5) is 4.39 Å². The van der Waals surface area contributed by atoms with E-state index in [0.29, 0.717) is 4.47 Å². The van der Waals surface area contributed by atoms with Crippen LogP contribution < -0.4 is 0 Å². The van der Waals surface area contributed by atoms with Gasteiger partial charge in [-0.05, 0) is 58.8 Å². The fraction of sp³-hybridized carbons (Fsp3) is 0.533. The van der Waals surface area contributed by atoms with Crippen LogP contribution in [0.25, 0.3) is 0 Å². The smallest absolute Gasteiger partial charge is 0.306 e. The molecule has 0 heterocycles. The molecule has 0 radical (unpaired) electrons. The summed E-state index contributed by atoms with van der Waals surface area (Å²) in [6.07, 6.45) is 5.65. The number of benzene rings is 1. The van der Waals surface area contributed by atoms with Crippen LogP contribution in [0, 0.1) is 17.7 Å². The summed E-state index contributed by atoms with van der Waals surface area (Å²) in [5.74, 6) is -1.06. The maximum Gasteiger partial charge on any atom is 0.306 e. The van der Waals surface area contributed by atoms with E-state index < -0.39 is 5.97 Å². The molecule has 0 bridgehead atoms. The van der Waals surface area contributed by atoms with Gasteiger partial charge in [-0.1, -0.05) is 25.3 Å². The van der Waals surface area contributed by atoms with Gasteiger partial charge in [0.15, 0.2) is 0 Å². The third kappa shape index (κ3) is 3.78. The van der Waals surface area contributed by atoms with Crippen molar-refractivity contribution in [2.24, 2.45) is 11.8 Å². The molecular weight excluding hydrogens is 311 g/mol. The lowest BCUT2D eigenvalue weighted by molar-refractivity contribution is -0.143. The Morgan fingerprint density at radius 3 is 2.74 bits per heavy atom. The summed E-state index contributed by atoms with van der Waals surface area (Å²) < 4.78 is 13.7. The topological polar surface area (TPSA) is 37.3 Å². The highest BCUT2D eigenvalue weighted by Gasteiger charge is 2.29. The van der Waals surface area contributed by atoms with Crippen LogP contribution in [-0.4, -0.2) is 11.1 Å². The number of carboxylic acids is 1. The molecule has 1 fully saturated rings. The molecule has 0 amide bonds. The van der Waals surface area contributed by atoms with Crippen molar-refractivity contribution in [1.82, 2.24) is 0 Å². The second kappa shape index (κ2) is 6.51. The molecule has 1 aliphatic rings. The van der Waals surface area contributed by atoms with E-state index in [0.717, 1.165) is 44.1 Å². The molecule has 2 atom stereocenters. The Bertz CT molecular complexity index is 461. The van der Waals surface area contributed by atoms with Gasteiger partial charge >= 0.3 is 5.97 Å². The molecule has 104 valence electrons. The Labute approximate surface area is 121 Å². The van der Waals surface area contributed by atoms with Gasteiger partial charge in [0.25, 0.3) is 0 Å². The number of hydrogen-bond acceptors (Lipinski definition) is 1. The van der Waals surface area contributed by atoms with E-state index in [1.165, 1.54) is 6.07 Å². The van der Waals surface area contributed by atoms with Crippen molar-refractivity contribution in [2.75, 3.05) is 0 Å². The van der Waals surface area contributed by atoms with E-state index in [1.54, 1.807) is 12.1 Å². The molecule has 2 unspecified atom stereocenters. The minimum absolute atomic E-state index is 0.164. The lowest BCUT2D eigenvalue weighted by atomic mass is 9.83. The van der Waals surface area contributed by atoms with Crippen molar-refractivity contribution in [2.45, 2.75) is 38.5 Å². The number of aliphatic carboxylic acids is 1. The SMILES string of the molecule is O=C(O)C1CCCCCC1Cc1ccc(F)c(Br)c1. The number of hydrogen-bond donors (Lipinski definition) is 1. The second-order valence-electron chi connectivity index (χ2n) is 5.30. The Morgan fingerprint density at radius 1 is 1.32 bits per heavy atom. The predicted molar refractivity (Wildman–Crippen MR) is 75.5 cm³/mol. The number of carbonyl (C=O) groups is 1. The van der Waals surface area contributed by atoms with Gasteiger partial charge in [-0.3, -0.25) is 4.79 Å². The third-order valence-electron chi connectivity index (χ3n) is 3.96. The molecule has 0 saturated heterocycles. The average molecular weight is 329 g/mol. The van der Waals surface area contributed by atoms with Crippen LogP contribution in [0.2, 0.25) is 0 Å². The summed E-state index contributed by atoms with van der Waals surface area (Å²) >= 11 is 3.18. The molecule has 0 aliphatic heterocycles. The first-order chi connectivity index (χ1) is 9.08. The van der Waals surface area contributed by atoms with E-state index in [2.05, 4.69) is 15.9 Å². The highest BCUT2D eigenvalue weighted by Crippen LogP contribution is 2.32. The molecule has 1 aliphatic carbocycles. The molecule has 1 saturated carbocycles. The van der Waals surface area contributed by atoms with Crippen LogP contribution in [0.3, 0.4) is 0 Å². The highest BCUT2D eigenvalue weighted by atomic mass is 79.9. The summed E-state index contributed by atoms with van der Waals surface area (Å²) in [4.78, 5) is 11.4. The van der Waals surface area contributed by atoms with Crippen molar-refractivity contribution in [3.8, 4) is 0 Å². The molecule has 19 heavy (non-hydrogen) atoms. The third-order valence-corrected chi connectivity index (χ3v) is 4.57. The van der Waals surface area contributed by atoms with Crippen molar-refractivity contribution in [3.63, 3.8) is 0 Å². The number of halogens is 2. The number of carboxylic acid groups (broad SMARTS) is 1. The van der Waals surface area contributed by atoms with Gasteiger partial charge in [-0.2, -0.15) is 0 Å². The fourth-order valence-corrected chi connectivity index (χ4v) is 3.35. The minimum Gasteiger partial charge on any atom is -0.481 e. The molecule has 4 heteroatoms. The Morgan fingerprint density at radius 2 is 2.05 bits per heavy atom. The van der Waals surface area contributed by atoms with E-state index in [-0.39, 0.29) is 17.7 Å². The second-order valence-corrected chi connectivity index (χ2v) is 6.15. The van der Waals surface area contributed by atoms with Gasteiger partial charge < -0.3 is 5.11 Å². The quantitative estimate of drug-likeness (QED) is 0.834. The Kier molecular flexibility index (Phi) is 4.97. The average Bonchev–Trinajstić information content (AvgIpc) is 2.59. The maximum absolute atomic E-state index is 13.2. The van der Waals surface area contributed by atoms with Crippen LogP contribution in [-0.2, 0) is 11.2 Å². The zero-order chi connectivity index (χ0) is 13.8. The lowest BCUT2D eigenvalue weighted by Gasteiger charge is -2.21. The highest BCUT2D eigenvalue weighted by molar-refractivity contribution is 9.10. The normalized spacial score (nSPS) is 23.9. The first-order valence-corrected chi connectivity index (χ1v) is 7.54. The van der Waals surface area contributed by atoms with Gasteiger partial charge in [0.1, 0.15) is 5.82 Å². The van der Waals surface area contributed by atoms with Crippen molar-refractivity contribution in [1.29, 1.82) is 0 Å². The Hall–Kier alpha value is -0.900. The standard InChI is InChI=1S/C15H18BrFO2/c16-13-9-10(6-7-14(13)17)8-11-4-2-1-3-5-12(11)15(18)19/h6-7,9,11-12H,1-5,8H2,(H,18,19). The Balaban J connectivity index is 2.13. The molecule has 0 spiro atoms. The van der Waals surface area contributed by atoms with Crippen molar-refractivity contribution in [3.05, 3.63) is 34.1 Å². The monoisotopic (exact) mass is 328 g/mol. The van der Waals surface area contributed by atoms with Gasteiger partial charge in [-0.25, -0.2) is 4.39 Å². The summed E-state index contributed by atoms with van der Waals surface area (Å²) in [6, 6.07) is 4.95. The predicted octanol–water partition coefficient (Wildman–Crippen LogP) is 4.41. The lowest BCUT2D eigenvalue weighted by Crippen LogP contribution is -2.24. The first-order valence-electron chi connectivity index (χ1n) is 6.74. The van der Waals surface area contributed by atoms with Crippen molar-refractivity contribution < 1.29 is 14.3 Å².